The van der Waals surface area contributed by atoms with Crippen molar-refractivity contribution in [3.8, 4) is 0 Å². The topological polar surface area (TPSA) is 0 Å². The molecule has 0 saturated heterocycles. The molecular formula is C19H27I. The van der Waals surface area contributed by atoms with Gasteiger partial charge >= 0.3 is 0 Å². The lowest BCUT2D eigenvalue weighted by atomic mass is 9.77. The van der Waals surface area contributed by atoms with Gasteiger partial charge in [-0.2, -0.15) is 0 Å². The molecule has 0 unspecified atom stereocenters. The summed E-state index contributed by atoms with van der Waals surface area (Å²) >= 11 is 2.68. The van der Waals surface area contributed by atoms with Crippen LogP contribution in [0.1, 0.15) is 63.4 Å². The molecule has 110 valence electrons. The van der Waals surface area contributed by atoms with Crippen LogP contribution < -0.4 is 0 Å². The summed E-state index contributed by atoms with van der Waals surface area (Å²) in [6.07, 6.45) is 10.2. The van der Waals surface area contributed by atoms with Crippen LogP contribution in [-0.4, -0.2) is 3.92 Å². The van der Waals surface area contributed by atoms with Crippen LogP contribution in [0.25, 0.3) is 0 Å². The molecule has 1 aromatic rings. The predicted molar refractivity (Wildman–Crippen MR) is 95.5 cm³/mol. The monoisotopic (exact) mass is 382 g/mol. The van der Waals surface area contributed by atoms with E-state index in [0.717, 1.165) is 27.6 Å². The van der Waals surface area contributed by atoms with E-state index in [9.17, 15) is 0 Å². The molecule has 2 fully saturated rings. The molecule has 0 heterocycles. The fraction of sp³-hybridized carbons (Fsp3) is 0.684. The second-order valence-corrected chi connectivity index (χ2v) is 8.32. The highest BCUT2D eigenvalue weighted by molar-refractivity contribution is 14.1. The van der Waals surface area contributed by atoms with E-state index in [1.807, 2.05) is 0 Å². The molecule has 2 aliphatic carbocycles. The highest BCUT2D eigenvalue weighted by Crippen LogP contribution is 2.51. The lowest BCUT2D eigenvalue weighted by molar-refractivity contribution is 0.299. The Morgan fingerprint density at radius 3 is 2.25 bits per heavy atom. The Morgan fingerprint density at radius 2 is 1.65 bits per heavy atom. The van der Waals surface area contributed by atoms with Crippen molar-refractivity contribution in [2.45, 2.75) is 61.7 Å². The molecule has 0 aliphatic heterocycles. The van der Waals surface area contributed by atoms with Crippen LogP contribution in [0, 0.1) is 17.8 Å². The first-order chi connectivity index (χ1) is 9.79. The van der Waals surface area contributed by atoms with Gasteiger partial charge in [0.2, 0.25) is 0 Å². The second-order valence-electron chi connectivity index (χ2n) is 6.89. The number of rotatable bonds is 5. The molecule has 0 radical (unpaired) electrons. The maximum Gasteiger partial charge on any atom is 0.0172 e. The zero-order chi connectivity index (χ0) is 13.9. The molecule has 0 bridgehead atoms. The van der Waals surface area contributed by atoms with Crippen LogP contribution in [0.4, 0.5) is 0 Å². The number of halogens is 1. The van der Waals surface area contributed by atoms with Crippen LogP contribution >= 0.6 is 22.6 Å². The van der Waals surface area contributed by atoms with Gasteiger partial charge in [-0.1, -0.05) is 72.7 Å². The molecule has 1 aromatic carbocycles. The number of alkyl halides is 1. The van der Waals surface area contributed by atoms with Gasteiger partial charge in [0, 0.05) is 3.92 Å². The zero-order valence-corrected chi connectivity index (χ0v) is 14.8. The average Bonchev–Trinajstić information content (AvgIpc) is 3.15. The van der Waals surface area contributed by atoms with Crippen molar-refractivity contribution in [2.24, 2.45) is 17.8 Å². The van der Waals surface area contributed by atoms with E-state index in [4.69, 9.17) is 0 Å². The normalized spacial score (nSPS) is 36.8. The van der Waals surface area contributed by atoms with Crippen molar-refractivity contribution in [2.75, 3.05) is 0 Å². The van der Waals surface area contributed by atoms with Gasteiger partial charge < -0.3 is 0 Å². The highest BCUT2D eigenvalue weighted by Gasteiger charge is 2.46. The Bertz CT molecular complexity index is 405. The van der Waals surface area contributed by atoms with Gasteiger partial charge in [-0.15, -0.1) is 0 Å². The van der Waals surface area contributed by atoms with Gasteiger partial charge in [0.1, 0.15) is 0 Å². The van der Waals surface area contributed by atoms with Crippen LogP contribution in [0.5, 0.6) is 0 Å². The molecule has 2 aliphatic rings. The van der Waals surface area contributed by atoms with Crippen molar-refractivity contribution in [3.05, 3.63) is 35.9 Å². The van der Waals surface area contributed by atoms with Gasteiger partial charge in [0.15, 0.2) is 0 Å². The van der Waals surface area contributed by atoms with Crippen molar-refractivity contribution in [3.63, 3.8) is 0 Å². The minimum atomic E-state index is 0.842. The number of benzene rings is 1. The summed E-state index contributed by atoms with van der Waals surface area (Å²) < 4.78 is 0.998. The van der Waals surface area contributed by atoms with E-state index in [-0.39, 0.29) is 0 Å². The standard InChI is InChI=1S/C19H27I/c1-2-17-18(19(17)20)13-10-14-8-11-16(12-9-14)15-6-4-3-5-7-15/h3-7,14,16-19H,2,8-13H2,1H3/t14?,16?,17-,18+,19+/m0/s1. The third kappa shape index (κ3) is 3.40. The minimum Gasteiger partial charge on any atom is -0.0820 e. The Hall–Kier alpha value is -0.0500. The summed E-state index contributed by atoms with van der Waals surface area (Å²) in [5, 5.41) is 0. The summed E-state index contributed by atoms with van der Waals surface area (Å²) in [5.41, 5.74) is 1.58. The largest absolute Gasteiger partial charge is 0.0820 e. The van der Waals surface area contributed by atoms with Crippen LogP contribution in [-0.2, 0) is 0 Å². The fourth-order valence-corrected chi connectivity index (χ4v) is 5.93. The molecule has 2 saturated carbocycles. The molecule has 0 N–H and O–H groups in total. The Morgan fingerprint density at radius 1 is 0.950 bits per heavy atom. The predicted octanol–water partition coefficient (Wildman–Crippen LogP) is 6.20. The first kappa shape index (κ1) is 14.9. The second kappa shape index (κ2) is 6.81. The highest BCUT2D eigenvalue weighted by atomic mass is 127. The summed E-state index contributed by atoms with van der Waals surface area (Å²) in [5.74, 6) is 3.98. The molecular weight excluding hydrogens is 355 g/mol. The quantitative estimate of drug-likeness (QED) is 0.420. The van der Waals surface area contributed by atoms with E-state index in [1.165, 1.54) is 44.9 Å². The summed E-state index contributed by atoms with van der Waals surface area (Å²) in [6, 6.07) is 11.2. The number of hydrogen-bond acceptors (Lipinski definition) is 0. The van der Waals surface area contributed by atoms with Gasteiger partial charge in [-0.05, 0) is 61.3 Å². The molecule has 0 aromatic heterocycles. The van der Waals surface area contributed by atoms with E-state index in [2.05, 4.69) is 59.8 Å². The summed E-state index contributed by atoms with van der Waals surface area (Å²) in [7, 11) is 0. The summed E-state index contributed by atoms with van der Waals surface area (Å²) in [6.45, 7) is 2.36. The van der Waals surface area contributed by atoms with Crippen molar-refractivity contribution in [1.82, 2.24) is 0 Å². The van der Waals surface area contributed by atoms with Gasteiger partial charge in [0.05, 0.1) is 0 Å². The zero-order valence-electron chi connectivity index (χ0n) is 12.6. The molecule has 20 heavy (non-hydrogen) atoms. The fourth-order valence-electron chi connectivity index (χ4n) is 4.24. The number of hydrogen-bond donors (Lipinski definition) is 0. The maximum absolute atomic E-state index is 2.68. The first-order valence-corrected chi connectivity index (χ1v) is 9.73. The van der Waals surface area contributed by atoms with Crippen molar-refractivity contribution >= 4 is 22.6 Å². The maximum atomic E-state index is 2.68. The Balaban J connectivity index is 1.41. The van der Waals surface area contributed by atoms with Crippen molar-refractivity contribution < 1.29 is 0 Å². The molecule has 3 atom stereocenters. The van der Waals surface area contributed by atoms with Gasteiger partial charge in [-0.3, -0.25) is 0 Å². The smallest absolute Gasteiger partial charge is 0.0172 e. The third-order valence-corrected chi connectivity index (χ3v) is 7.57. The minimum absolute atomic E-state index is 0.842. The van der Waals surface area contributed by atoms with Gasteiger partial charge in [0.25, 0.3) is 0 Å². The Kier molecular flexibility index (Phi) is 5.06. The van der Waals surface area contributed by atoms with Gasteiger partial charge in [-0.25, -0.2) is 0 Å². The average molecular weight is 382 g/mol. The summed E-state index contributed by atoms with van der Waals surface area (Å²) in [4.78, 5) is 0. The molecule has 0 spiro atoms. The lowest BCUT2D eigenvalue weighted by Crippen LogP contribution is -2.13. The molecule has 3 rings (SSSR count). The third-order valence-electron chi connectivity index (χ3n) is 5.72. The van der Waals surface area contributed by atoms with E-state index < -0.39 is 0 Å². The van der Waals surface area contributed by atoms with E-state index in [1.54, 1.807) is 5.56 Å². The van der Waals surface area contributed by atoms with E-state index >= 15 is 0 Å². The van der Waals surface area contributed by atoms with Crippen LogP contribution in [0.2, 0.25) is 0 Å². The molecule has 1 heteroatoms. The SMILES string of the molecule is CC[C@@H]1[C@@H](I)[C@@H]1CCC1CCC(c2ccccc2)CC1. The van der Waals surface area contributed by atoms with E-state index in [0.29, 0.717) is 0 Å². The Labute approximate surface area is 137 Å². The van der Waals surface area contributed by atoms with Crippen molar-refractivity contribution in [1.29, 1.82) is 0 Å². The molecule has 0 amide bonds. The first-order valence-electron chi connectivity index (χ1n) is 8.48. The molecule has 0 nitrogen and oxygen atoms in total. The van der Waals surface area contributed by atoms with Crippen LogP contribution in [0.3, 0.4) is 0 Å². The van der Waals surface area contributed by atoms with Crippen LogP contribution in [0.15, 0.2) is 30.3 Å². The lowest BCUT2D eigenvalue weighted by Gasteiger charge is -2.29.